The summed E-state index contributed by atoms with van der Waals surface area (Å²) >= 11 is 0. The Bertz CT molecular complexity index is 637. The molecule has 3 rings (SSSR count). The number of rotatable bonds is 3. The second-order valence-electron chi connectivity index (χ2n) is 4.66. The molecule has 1 unspecified atom stereocenters. The average Bonchev–Trinajstić information content (AvgIpc) is 2.90. The molecule has 0 amide bonds. The molecule has 2 aromatic rings. The molecule has 1 N–H and O–H groups in total. The number of ether oxygens (including phenoxy) is 2. The molecule has 0 fully saturated rings. The Morgan fingerprint density at radius 3 is 2.75 bits per heavy atom. The maximum atomic E-state index is 8.85. The van der Waals surface area contributed by atoms with Gasteiger partial charge in [-0.15, -0.1) is 0 Å². The summed E-state index contributed by atoms with van der Waals surface area (Å²) < 4.78 is 11.4. The fourth-order valence-electron chi connectivity index (χ4n) is 2.24. The van der Waals surface area contributed by atoms with Gasteiger partial charge in [-0.3, -0.25) is 0 Å². The van der Waals surface area contributed by atoms with E-state index in [9.17, 15) is 0 Å². The molecule has 4 nitrogen and oxygen atoms in total. The SMILES string of the molecule is CC(Oc1ccc2c(c1)OCC2=NO)c1ccccc1. The molecule has 0 spiro atoms. The van der Waals surface area contributed by atoms with E-state index in [0.29, 0.717) is 18.1 Å². The molecule has 0 saturated carbocycles. The lowest BCUT2D eigenvalue weighted by Crippen LogP contribution is -2.03. The molecule has 1 atom stereocenters. The molecule has 1 aliphatic heterocycles. The minimum atomic E-state index is -0.0402. The van der Waals surface area contributed by atoms with E-state index < -0.39 is 0 Å². The second kappa shape index (κ2) is 5.25. The molecule has 102 valence electrons. The summed E-state index contributed by atoms with van der Waals surface area (Å²) in [4.78, 5) is 0. The summed E-state index contributed by atoms with van der Waals surface area (Å²) in [5.41, 5.74) is 2.47. The Labute approximate surface area is 117 Å². The van der Waals surface area contributed by atoms with Crippen LogP contribution in [0.1, 0.15) is 24.2 Å². The third-order valence-electron chi connectivity index (χ3n) is 3.33. The molecule has 0 bridgehead atoms. The lowest BCUT2D eigenvalue weighted by molar-refractivity contribution is 0.226. The first-order valence-corrected chi connectivity index (χ1v) is 6.47. The lowest BCUT2D eigenvalue weighted by Gasteiger charge is -2.15. The molecular weight excluding hydrogens is 254 g/mol. The Hall–Kier alpha value is -2.49. The van der Waals surface area contributed by atoms with E-state index in [0.717, 1.165) is 16.9 Å². The molecule has 0 radical (unpaired) electrons. The van der Waals surface area contributed by atoms with Gasteiger partial charge in [-0.25, -0.2) is 0 Å². The summed E-state index contributed by atoms with van der Waals surface area (Å²) in [5.74, 6) is 1.43. The standard InChI is InChI=1S/C16H15NO3/c1-11(12-5-3-2-4-6-12)20-13-7-8-14-15(17-18)10-19-16(14)9-13/h2-9,11,18H,10H2,1H3. The Balaban J connectivity index is 1.80. The van der Waals surface area contributed by atoms with Crippen LogP contribution in [0.15, 0.2) is 53.7 Å². The number of benzene rings is 2. The van der Waals surface area contributed by atoms with Gasteiger partial charge in [-0.05, 0) is 24.6 Å². The van der Waals surface area contributed by atoms with Crippen molar-refractivity contribution in [1.82, 2.24) is 0 Å². The molecule has 1 aliphatic rings. The van der Waals surface area contributed by atoms with Crippen LogP contribution in [0.25, 0.3) is 0 Å². The fraction of sp³-hybridized carbons (Fsp3) is 0.188. The van der Waals surface area contributed by atoms with Crippen molar-refractivity contribution in [2.45, 2.75) is 13.0 Å². The van der Waals surface area contributed by atoms with Gasteiger partial charge in [0.05, 0.1) is 0 Å². The van der Waals surface area contributed by atoms with Gasteiger partial charge in [-0.1, -0.05) is 35.5 Å². The van der Waals surface area contributed by atoms with Crippen LogP contribution in [0.3, 0.4) is 0 Å². The molecule has 2 aromatic carbocycles. The largest absolute Gasteiger partial charge is 0.486 e. The normalized spacial score (nSPS) is 16.6. The summed E-state index contributed by atoms with van der Waals surface area (Å²) in [7, 11) is 0. The van der Waals surface area contributed by atoms with E-state index >= 15 is 0 Å². The van der Waals surface area contributed by atoms with Crippen molar-refractivity contribution in [3.63, 3.8) is 0 Å². The third-order valence-corrected chi connectivity index (χ3v) is 3.33. The highest BCUT2D eigenvalue weighted by atomic mass is 16.5. The van der Waals surface area contributed by atoms with Crippen molar-refractivity contribution >= 4 is 5.71 Å². The first-order chi connectivity index (χ1) is 9.78. The molecule has 0 saturated heterocycles. The number of hydrogen-bond donors (Lipinski definition) is 1. The van der Waals surface area contributed by atoms with Crippen LogP contribution in [0.2, 0.25) is 0 Å². The molecular formula is C16H15NO3. The maximum Gasteiger partial charge on any atom is 0.134 e. The number of hydrogen-bond acceptors (Lipinski definition) is 4. The zero-order valence-corrected chi connectivity index (χ0v) is 11.1. The van der Waals surface area contributed by atoms with Crippen LogP contribution in [0, 0.1) is 0 Å². The fourth-order valence-corrected chi connectivity index (χ4v) is 2.24. The molecule has 0 aromatic heterocycles. The highest BCUT2D eigenvalue weighted by Gasteiger charge is 2.20. The highest BCUT2D eigenvalue weighted by Crippen LogP contribution is 2.31. The van der Waals surface area contributed by atoms with E-state index in [1.807, 2.05) is 55.5 Å². The average molecular weight is 269 g/mol. The van der Waals surface area contributed by atoms with Crippen molar-refractivity contribution in [3.8, 4) is 11.5 Å². The Kier molecular flexibility index (Phi) is 3.29. The van der Waals surface area contributed by atoms with Crippen molar-refractivity contribution in [3.05, 3.63) is 59.7 Å². The monoisotopic (exact) mass is 269 g/mol. The second-order valence-corrected chi connectivity index (χ2v) is 4.66. The van der Waals surface area contributed by atoms with Crippen molar-refractivity contribution in [2.24, 2.45) is 5.16 Å². The quantitative estimate of drug-likeness (QED) is 0.686. The van der Waals surface area contributed by atoms with Crippen LogP contribution in [-0.2, 0) is 0 Å². The summed E-state index contributed by atoms with van der Waals surface area (Å²) in [5, 5.41) is 12.1. The molecule has 1 heterocycles. The summed E-state index contributed by atoms with van der Waals surface area (Å²) in [6, 6.07) is 15.6. The molecule has 0 aliphatic carbocycles. The lowest BCUT2D eigenvalue weighted by atomic mass is 10.1. The van der Waals surface area contributed by atoms with Crippen molar-refractivity contribution in [1.29, 1.82) is 0 Å². The van der Waals surface area contributed by atoms with Gasteiger partial charge in [0.15, 0.2) is 0 Å². The van der Waals surface area contributed by atoms with Gasteiger partial charge in [-0.2, -0.15) is 0 Å². The molecule has 20 heavy (non-hydrogen) atoms. The first kappa shape index (κ1) is 12.5. The first-order valence-electron chi connectivity index (χ1n) is 6.47. The van der Waals surface area contributed by atoms with E-state index in [-0.39, 0.29) is 6.10 Å². The third kappa shape index (κ3) is 2.32. The van der Waals surface area contributed by atoms with E-state index in [2.05, 4.69) is 5.16 Å². The van der Waals surface area contributed by atoms with Gasteiger partial charge in [0.2, 0.25) is 0 Å². The number of nitrogens with zero attached hydrogens (tertiary/aromatic N) is 1. The topological polar surface area (TPSA) is 51.0 Å². The zero-order valence-electron chi connectivity index (χ0n) is 11.1. The predicted molar refractivity (Wildman–Crippen MR) is 75.7 cm³/mol. The van der Waals surface area contributed by atoms with E-state index in [4.69, 9.17) is 14.7 Å². The number of oxime groups is 1. The predicted octanol–water partition coefficient (Wildman–Crippen LogP) is 3.40. The van der Waals surface area contributed by atoms with Gasteiger partial charge >= 0.3 is 0 Å². The van der Waals surface area contributed by atoms with Gasteiger partial charge in [0, 0.05) is 11.6 Å². The van der Waals surface area contributed by atoms with Crippen molar-refractivity contribution in [2.75, 3.05) is 6.61 Å². The summed E-state index contributed by atoms with van der Waals surface area (Å²) in [6.07, 6.45) is -0.0402. The van der Waals surface area contributed by atoms with Gasteiger partial charge in [0.1, 0.15) is 29.9 Å². The van der Waals surface area contributed by atoms with Gasteiger partial charge < -0.3 is 14.7 Å². The summed E-state index contributed by atoms with van der Waals surface area (Å²) in [6.45, 7) is 2.30. The van der Waals surface area contributed by atoms with E-state index in [1.165, 1.54) is 0 Å². The minimum absolute atomic E-state index is 0.0402. The maximum absolute atomic E-state index is 8.85. The molecule has 4 heteroatoms. The van der Waals surface area contributed by atoms with Crippen molar-refractivity contribution < 1.29 is 14.7 Å². The highest BCUT2D eigenvalue weighted by molar-refractivity contribution is 6.06. The van der Waals surface area contributed by atoms with Crippen LogP contribution in [0.4, 0.5) is 0 Å². The van der Waals surface area contributed by atoms with Crippen LogP contribution >= 0.6 is 0 Å². The van der Waals surface area contributed by atoms with Crippen LogP contribution in [0.5, 0.6) is 11.5 Å². The van der Waals surface area contributed by atoms with Crippen LogP contribution < -0.4 is 9.47 Å². The van der Waals surface area contributed by atoms with Gasteiger partial charge in [0.25, 0.3) is 0 Å². The minimum Gasteiger partial charge on any atom is -0.486 e. The zero-order chi connectivity index (χ0) is 13.9. The van der Waals surface area contributed by atoms with Crippen LogP contribution in [-0.4, -0.2) is 17.5 Å². The Morgan fingerprint density at radius 2 is 2.00 bits per heavy atom. The number of fused-ring (bicyclic) bond motifs is 1. The Morgan fingerprint density at radius 1 is 1.20 bits per heavy atom. The smallest absolute Gasteiger partial charge is 0.134 e. The van der Waals surface area contributed by atoms with E-state index in [1.54, 1.807) is 0 Å².